The van der Waals surface area contributed by atoms with Crippen LogP contribution in [-0.4, -0.2) is 29.5 Å². The molecule has 1 fully saturated rings. The van der Waals surface area contributed by atoms with E-state index in [-0.39, 0.29) is 17.5 Å². The zero-order valence-corrected chi connectivity index (χ0v) is 11.9. The number of aromatic nitrogens is 2. The minimum absolute atomic E-state index is 0.201. The van der Waals surface area contributed by atoms with Gasteiger partial charge in [0.05, 0.1) is 11.5 Å². The Balaban J connectivity index is 1.77. The molecule has 1 aromatic carbocycles. The lowest BCUT2D eigenvalue weighted by Crippen LogP contribution is -2.25. The van der Waals surface area contributed by atoms with Crippen molar-refractivity contribution in [2.45, 2.75) is 18.9 Å². The van der Waals surface area contributed by atoms with Gasteiger partial charge in [0.2, 0.25) is 5.95 Å². The van der Waals surface area contributed by atoms with E-state index in [1.165, 1.54) is 0 Å². The number of anilines is 2. The number of rotatable bonds is 3. The van der Waals surface area contributed by atoms with E-state index in [9.17, 15) is 8.42 Å². The summed E-state index contributed by atoms with van der Waals surface area (Å²) in [5.41, 5.74) is 0.975. The van der Waals surface area contributed by atoms with E-state index in [0.717, 1.165) is 11.6 Å². The van der Waals surface area contributed by atoms with Crippen LogP contribution in [0.5, 0.6) is 0 Å². The molecule has 1 aliphatic rings. The van der Waals surface area contributed by atoms with Gasteiger partial charge < -0.3 is 9.88 Å². The highest BCUT2D eigenvalue weighted by atomic mass is 32.2. The fourth-order valence-electron chi connectivity index (χ4n) is 2.51. The number of imidazole rings is 1. The fraction of sp³-hybridized carbons (Fsp3) is 0.357. The lowest BCUT2D eigenvalue weighted by atomic mass is 10.1. The van der Waals surface area contributed by atoms with Gasteiger partial charge in [0.1, 0.15) is 9.84 Å². The summed E-state index contributed by atoms with van der Waals surface area (Å²) < 4.78 is 25.0. The highest BCUT2D eigenvalue weighted by Gasteiger charge is 2.25. The second-order valence-corrected chi connectivity index (χ2v) is 7.34. The summed E-state index contributed by atoms with van der Waals surface area (Å²) in [5, 5.41) is 3.27. The van der Waals surface area contributed by atoms with Gasteiger partial charge in [-0.1, -0.05) is 18.2 Å². The molecule has 0 bridgehead atoms. The molecule has 2 aromatic rings. The Bertz CT molecular complexity index is 665. The number of sulfone groups is 1. The molecule has 0 unspecified atom stereocenters. The first kappa shape index (κ1) is 13.2. The molecule has 0 spiro atoms. The molecule has 20 heavy (non-hydrogen) atoms. The number of para-hydroxylation sites is 1. The summed E-state index contributed by atoms with van der Waals surface area (Å²) in [6.45, 7) is 0. The molecule has 0 radical (unpaired) electrons. The van der Waals surface area contributed by atoms with E-state index in [1.807, 2.05) is 41.1 Å². The molecule has 0 atom stereocenters. The summed E-state index contributed by atoms with van der Waals surface area (Å²) >= 11 is 0. The molecule has 106 valence electrons. The average Bonchev–Trinajstić information content (AvgIpc) is 2.88. The fourth-order valence-corrected chi connectivity index (χ4v) is 3.98. The maximum absolute atomic E-state index is 11.5. The van der Waals surface area contributed by atoms with Gasteiger partial charge in [-0.15, -0.1) is 0 Å². The van der Waals surface area contributed by atoms with E-state index in [1.54, 1.807) is 6.20 Å². The molecule has 0 amide bonds. The predicted octanol–water partition coefficient (Wildman–Crippen LogP) is 2.38. The van der Waals surface area contributed by atoms with E-state index in [2.05, 4.69) is 10.3 Å². The monoisotopic (exact) mass is 291 g/mol. The van der Waals surface area contributed by atoms with Crippen molar-refractivity contribution in [2.24, 2.45) is 0 Å². The van der Waals surface area contributed by atoms with Crippen LogP contribution in [0.2, 0.25) is 0 Å². The Kier molecular flexibility index (Phi) is 3.48. The Hall–Kier alpha value is -1.82. The second kappa shape index (κ2) is 5.28. The zero-order valence-electron chi connectivity index (χ0n) is 11.1. The number of benzene rings is 1. The number of hydrogen-bond donors (Lipinski definition) is 1. The summed E-state index contributed by atoms with van der Waals surface area (Å²) in [4.78, 5) is 4.33. The van der Waals surface area contributed by atoms with Gasteiger partial charge >= 0.3 is 0 Å². The molecule has 0 aliphatic carbocycles. The normalized spacial score (nSPS) is 18.8. The first-order valence-electron chi connectivity index (χ1n) is 6.69. The molecule has 1 N–H and O–H groups in total. The van der Waals surface area contributed by atoms with Crippen molar-refractivity contribution >= 4 is 21.5 Å². The third-order valence-electron chi connectivity index (χ3n) is 3.62. The van der Waals surface area contributed by atoms with Crippen LogP contribution in [0.4, 0.5) is 11.6 Å². The van der Waals surface area contributed by atoms with Crippen LogP contribution >= 0.6 is 0 Å². The van der Waals surface area contributed by atoms with Crippen molar-refractivity contribution in [3.63, 3.8) is 0 Å². The lowest BCUT2D eigenvalue weighted by Gasteiger charge is -2.24. The topological polar surface area (TPSA) is 64.0 Å². The van der Waals surface area contributed by atoms with Crippen LogP contribution in [-0.2, 0) is 9.84 Å². The van der Waals surface area contributed by atoms with Crippen LogP contribution in [0.3, 0.4) is 0 Å². The van der Waals surface area contributed by atoms with Crippen LogP contribution in [0.25, 0.3) is 0 Å². The summed E-state index contributed by atoms with van der Waals surface area (Å²) in [6.07, 6.45) is 4.96. The summed E-state index contributed by atoms with van der Waals surface area (Å²) in [7, 11) is -2.83. The SMILES string of the molecule is O=S1(=O)CCC(n2ccnc2Nc2ccccc2)CC1. The molecule has 1 aliphatic heterocycles. The predicted molar refractivity (Wildman–Crippen MR) is 78.9 cm³/mol. The second-order valence-electron chi connectivity index (χ2n) is 5.03. The van der Waals surface area contributed by atoms with E-state index >= 15 is 0 Å². The van der Waals surface area contributed by atoms with Gasteiger partial charge in [0.15, 0.2) is 0 Å². The van der Waals surface area contributed by atoms with E-state index in [0.29, 0.717) is 12.8 Å². The van der Waals surface area contributed by atoms with Crippen molar-refractivity contribution in [1.29, 1.82) is 0 Å². The number of hydrogen-bond acceptors (Lipinski definition) is 4. The van der Waals surface area contributed by atoms with Crippen LogP contribution in [0.15, 0.2) is 42.7 Å². The Morgan fingerprint density at radius 2 is 1.85 bits per heavy atom. The molecular formula is C14H17N3O2S. The highest BCUT2D eigenvalue weighted by molar-refractivity contribution is 7.91. The number of nitrogens with one attached hydrogen (secondary N) is 1. The molecule has 1 aromatic heterocycles. The van der Waals surface area contributed by atoms with Gasteiger partial charge in [-0.2, -0.15) is 0 Å². The van der Waals surface area contributed by atoms with E-state index < -0.39 is 9.84 Å². The van der Waals surface area contributed by atoms with Gasteiger partial charge in [-0.3, -0.25) is 0 Å². The Labute approximate surface area is 118 Å². The van der Waals surface area contributed by atoms with Crippen LogP contribution in [0, 0.1) is 0 Å². The minimum atomic E-state index is -2.83. The quantitative estimate of drug-likeness (QED) is 0.943. The van der Waals surface area contributed by atoms with Gasteiger partial charge in [-0.05, 0) is 25.0 Å². The van der Waals surface area contributed by atoms with Crippen molar-refractivity contribution < 1.29 is 8.42 Å². The van der Waals surface area contributed by atoms with Crippen molar-refractivity contribution in [1.82, 2.24) is 9.55 Å². The molecule has 6 heteroatoms. The molecule has 1 saturated heterocycles. The largest absolute Gasteiger partial charge is 0.326 e. The molecular weight excluding hydrogens is 274 g/mol. The maximum atomic E-state index is 11.5. The van der Waals surface area contributed by atoms with Crippen LogP contribution < -0.4 is 5.32 Å². The average molecular weight is 291 g/mol. The Morgan fingerprint density at radius 3 is 2.55 bits per heavy atom. The zero-order chi connectivity index (χ0) is 14.0. The molecule has 0 saturated carbocycles. The number of nitrogens with zero attached hydrogens (tertiary/aromatic N) is 2. The minimum Gasteiger partial charge on any atom is -0.326 e. The summed E-state index contributed by atoms with van der Waals surface area (Å²) in [6, 6.07) is 10.0. The van der Waals surface area contributed by atoms with Crippen molar-refractivity contribution in [3.05, 3.63) is 42.7 Å². The summed E-state index contributed by atoms with van der Waals surface area (Å²) in [5.74, 6) is 1.29. The first-order chi connectivity index (χ1) is 9.64. The van der Waals surface area contributed by atoms with Gasteiger partial charge in [-0.25, -0.2) is 13.4 Å². The highest BCUT2D eigenvalue weighted by Crippen LogP contribution is 2.27. The van der Waals surface area contributed by atoms with Gasteiger partial charge in [0.25, 0.3) is 0 Å². The van der Waals surface area contributed by atoms with Crippen molar-refractivity contribution in [3.8, 4) is 0 Å². The Morgan fingerprint density at radius 1 is 1.15 bits per heavy atom. The third kappa shape index (κ3) is 2.85. The van der Waals surface area contributed by atoms with Crippen molar-refractivity contribution in [2.75, 3.05) is 16.8 Å². The molecule has 3 rings (SSSR count). The molecule has 5 nitrogen and oxygen atoms in total. The first-order valence-corrected chi connectivity index (χ1v) is 8.51. The lowest BCUT2D eigenvalue weighted by molar-refractivity contribution is 0.454. The maximum Gasteiger partial charge on any atom is 0.207 e. The molecule has 2 heterocycles. The third-order valence-corrected chi connectivity index (χ3v) is 5.33. The van der Waals surface area contributed by atoms with Crippen LogP contribution in [0.1, 0.15) is 18.9 Å². The van der Waals surface area contributed by atoms with E-state index in [4.69, 9.17) is 0 Å². The van der Waals surface area contributed by atoms with Gasteiger partial charge in [0, 0.05) is 24.1 Å². The smallest absolute Gasteiger partial charge is 0.207 e. The standard InChI is InChI=1S/C14H17N3O2S/c18-20(19)10-6-13(7-11-20)17-9-8-15-14(17)16-12-4-2-1-3-5-12/h1-5,8-9,13H,6-7,10-11H2,(H,15,16).